The van der Waals surface area contributed by atoms with E-state index in [9.17, 15) is 4.79 Å². The van der Waals surface area contributed by atoms with Gasteiger partial charge in [-0.2, -0.15) is 5.10 Å². The van der Waals surface area contributed by atoms with Crippen LogP contribution in [0.25, 0.3) is 0 Å². The van der Waals surface area contributed by atoms with Crippen LogP contribution in [0.2, 0.25) is 0 Å². The van der Waals surface area contributed by atoms with Crippen molar-refractivity contribution in [3.8, 4) is 0 Å². The van der Waals surface area contributed by atoms with E-state index < -0.39 is 0 Å². The van der Waals surface area contributed by atoms with E-state index in [0.717, 1.165) is 23.9 Å². The van der Waals surface area contributed by atoms with Gasteiger partial charge in [-0.25, -0.2) is 0 Å². The molecule has 2 rings (SSSR count). The van der Waals surface area contributed by atoms with Crippen LogP contribution in [0.3, 0.4) is 0 Å². The van der Waals surface area contributed by atoms with E-state index in [4.69, 9.17) is 0 Å². The Bertz CT molecular complexity index is 404. The fourth-order valence-corrected chi connectivity index (χ4v) is 2.61. The molecule has 0 radical (unpaired) electrons. The van der Waals surface area contributed by atoms with Crippen molar-refractivity contribution in [2.75, 3.05) is 6.54 Å². The first kappa shape index (κ1) is 12.6. The van der Waals surface area contributed by atoms with Gasteiger partial charge >= 0.3 is 0 Å². The second kappa shape index (κ2) is 5.21. The third-order valence-corrected chi connectivity index (χ3v) is 3.82. The quantitative estimate of drug-likeness (QED) is 0.842. The molecule has 1 aromatic rings. The molecule has 0 aromatic carbocycles. The van der Waals surface area contributed by atoms with Crippen molar-refractivity contribution in [1.82, 2.24) is 14.7 Å². The van der Waals surface area contributed by atoms with Crippen molar-refractivity contribution in [2.24, 2.45) is 0 Å². The van der Waals surface area contributed by atoms with E-state index in [1.54, 1.807) is 10.9 Å². The normalized spacial score (nSPS) is 22.5. The Labute approximate surface area is 110 Å². The third-order valence-electron chi connectivity index (χ3n) is 3.41. The molecule has 2 heterocycles. The van der Waals surface area contributed by atoms with Crippen molar-refractivity contribution in [1.29, 1.82) is 0 Å². The van der Waals surface area contributed by atoms with E-state index in [-0.39, 0.29) is 11.9 Å². The van der Waals surface area contributed by atoms with E-state index in [0.29, 0.717) is 6.04 Å². The topological polar surface area (TPSA) is 38.1 Å². The summed E-state index contributed by atoms with van der Waals surface area (Å²) in [7, 11) is 0. The highest BCUT2D eigenvalue weighted by atomic mass is 79.9. The summed E-state index contributed by atoms with van der Waals surface area (Å²) in [6, 6.07) is 0.138. The Hall–Kier alpha value is -0.840. The lowest BCUT2D eigenvalue weighted by Gasteiger charge is -2.35. The Morgan fingerprint density at radius 3 is 2.94 bits per heavy atom. The fraction of sp³-hybridized carbons (Fsp3) is 0.667. The summed E-state index contributed by atoms with van der Waals surface area (Å²) in [6.07, 6.45) is 7.01. The second-order valence-corrected chi connectivity index (χ2v) is 5.61. The molecule has 0 aliphatic carbocycles. The van der Waals surface area contributed by atoms with Crippen LogP contribution in [0, 0.1) is 0 Å². The minimum atomic E-state index is -0.221. The standard InChI is InChI=1S/C12H18BrN3O/c1-9-5-3-4-6-15(9)12(17)10(2)16-8-11(13)7-14-16/h7-10H,3-6H2,1-2H3/t9-,10-/m0/s1. The van der Waals surface area contributed by atoms with Crippen LogP contribution in [0.1, 0.15) is 39.2 Å². The molecular weight excluding hydrogens is 282 g/mol. The van der Waals surface area contributed by atoms with Crippen LogP contribution in [-0.4, -0.2) is 33.2 Å². The predicted octanol–water partition coefficient (Wildman–Crippen LogP) is 2.61. The minimum absolute atomic E-state index is 0.174. The van der Waals surface area contributed by atoms with Crippen molar-refractivity contribution >= 4 is 21.8 Å². The van der Waals surface area contributed by atoms with Gasteiger partial charge in [-0.05, 0) is 49.0 Å². The molecular formula is C12H18BrN3O. The molecule has 0 bridgehead atoms. The molecule has 1 saturated heterocycles. The van der Waals surface area contributed by atoms with E-state index >= 15 is 0 Å². The molecule has 1 aromatic heterocycles. The third kappa shape index (κ3) is 2.70. The number of rotatable bonds is 2. The molecule has 17 heavy (non-hydrogen) atoms. The van der Waals surface area contributed by atoms with Crippen LogP contribution in [0.4, 0.5) is 0 Å². The van der Waals surface area contributed by atoms with Crippen molar-refractivity contribution in [3.63, 3.8) is 0 Å². The summed E-state index contributed by atoms with van der Waals surface area (Å²) in [5.74, 6) is 0.174. The summed E-state index contributed by atoms with van der Waals surface area (Å²) in [6.45, 7) is 4.92. The molecule has 5 heteroatoms. The van der Waals surface area contributed by atoms with Gasteiger partial charge in [0.1, 0.15) is 6.04 Å². The van der Waals surface area contributed by atoms with E-state index in [1.807, 2.05) is 18.0 Å². The Kier molecular flexibility index (Phi) is 3.86. The maximum Gasteiger partial charge on any atom is 0.247 e. The summed E-state index contributed by atoms with van der Waals surface area (Å²) in [5.41, 5.74) is 0. The predicted molar refractivity (Wildman–Crippen MR) is 69.7 cm³/mol. The summed E-state index contributed by atoms with van der Waals surface area (Å²) in [4.78, 5) is 14.4. The number of piperidine rings is 1. The highest BCUT2D eigenvalue weighted by Gasteiger charge is 2.28. The number of aromatic nitrogens is 2. The van der Waals surface area contributed by atoms with Crippen molar-refractivity contribution in [3.05, 3.63) is 16.9 Å². The van der Waals surface area contributed by atoms with Crippen LogP contribution in [-0.2, 0) is 4.79 Å². The van der Waals surface area contributed by atoms with Crippen LogP contribution >= 0.6 is 15.9 Å². The molecule has 0 unspecified atom stereocenters. The van der Waals surface area contributed by atoms with Gasteiger partial charge in [0.05, 0.1) is 10.7 Å². The van der Waals surface area contributed by atoms with Gasteiger partial charge in [0.15, 0.2) is 0 Å². The number of nitrogens with zero attached hydrogens (tertiary/aromatic N) is 3. The summed E-state index contributed by atoms with van der Waals surface area (Å²) < 4.78 is 2.62. The van der Waals surface area contributed by atoms with Gasteiger partial charge in [0.25, 0.3) is 0 Å². The second-order valence-electron chi connectivity index (χ2n) is 4.69. The molecule has 1 amide bonds. The Balaban J connectivity index is 2.08. The molecule has 1 fully saturated rings. The number of amides is 1. The van der Waals surface area contributed by atoms with Crippen LogP contribution in [0.15, 0.2) is 16.9 Å². The first-order chi connectivity index (χ1) is 8.09. The SMILES string of the molecule is C[C@H]1CCCCN1C(=O)[C@H](C)n1cc(Br)cn1. The molecule has 0 N–H and O–H groups in total. The highest BCUT2D eigenvalue weighted by Crippen LogP contribution is 2.21. The molecule has 1 aliphatic heterocycles. The average molecular weight is 300 g/mol. The monoisotopic (exact) mass is 299 g/mol. The van der Waals surface area contributed by atoms with Crippen LogP contribution < -0.4 is 0 Å². The first-order valence-corrected chi connectivity index (χ1v) is 6.89. The van der Waals surface area contributed by atoms with Gasteiger partial charge in [-0.15, -0.1) is 0 Å². The summed E-state index contributed by atoms with van der Waals surface area (Å²) in [5, 5.41) is 4.18. The molecule has 1 aliphatic rings. The zero-order valence-electron chi connectivity index (χ0n) is 10.3. The van der Waals surface area contributed by atoms with Gasteiger partial charge < -0.3 is 4.90 Å². The zero-order valence-corrected chi connectivity index (χ0v) is 11.9. The van der Waals surface area contributed by atoms with Gasteiger partial charge in [0, 0.05) is 18.8 Å². The largest absolute Gasteiger partial charge is 0.338 e. The zero-order chi connectivity index (χ0) is 12.4. The van der Waals surface area contributed by atoms with Gasteiger partial charge in [-0.3, -0.25) is 9.48 Å². The Morgan fingerprint density at radius 2 is 2.35 bits per heavy atom. The average Bonchev–Trinajstić information content (AvgIpc) is 2.75. The maximum atomic E-state index is 12.4. The number of carbonyl (C=O) groups is 1. The number of hydrogen-bond acceptors (Lipinski definition) is 2. The van der Waals surface area contributed by atoms with Gasteiger partial charge in [-0.1, -0.05) is 0 Å². The number of likely N-dealkylation sites (tertiary alicyclic amines) is 1. The molecule has 2 atom stereocenters. The lowest BCUT2D eigenvalue weighted by atomic mass is 10.0. The maximum absolute atomic E-state index is 12.4. The Morgan fingerprint density at radius 1 is 1.59 bits per heavy atom. The van der Waals surface area contributed by atoms with E-state index in [1.165, 1.54) is 6.42 Å². The van der Waals surface area contributed by atoms with Crippen molar-refractivity contribution in [2.45, 2.75) is 45.2 Å². The number of carbonyl (C=O) groups excluding carboxylic acids is 1. The number of hydrogen-bond donors (Lipinski definition) is 0. The van der Waals surface area contributed by atoms with Crippen molar-refractivity contribution < 1.29 is 4.79 Å². The fourth-order valence-electron chi connectivity index (χ4n) is 2.31. The van der Waals surface area contributed by atoms with E-state index in [2.05, 4.69) is 28.0 Å². The smallest absolute Gasteiger partial charge is 0.247 e. The van der Waals surface area contributed by atoms with Crippen LogP contribution in [0.5, 0.6) is 0 Å². The lowest BCUT2D eigenvalue weighted by molar-refractivity contribution is -0.137. The minimum Gasteiger partial charge on any atom is -0.338 e. The summed E-state index contributed by atoms with van der Waals surface area (Å²) >= 11 is 3.35. The lowest BCUT2D eigenvalue weighted by Crippen LogP contribution is -2.45. The molecule has 0 spiro atoms. The molecule has 4 nitrogen and oxygen atoms in total. The highest BCUT2D eigenvalue weighted by molar-refractivity contribution is 9.10. The molecule has 0 saturated carbocycles. The molecule has 94 valence electrons. The first-order valence-electron chi connectivity index (χ1n) is 6.09. The van der Waals surface area contributed by atoms with Gasteiger partial charge in [0.2, 0.25) is 5.91 Å². The number of halogens is 1.